The lowest BCUT2D eigenvalue weighted by Gasteiger charge is -2.26. The van der Waals surface area contributed by atoms with Crippen LogP contribution in [-0.2, 0) is 4.79 Å². The highest BCUT2D eigenvalue weighted by Crippen LogP contribution is 2.29. The summed E-state index contributed by atoms with van der Waals surface area (Å²) in [6, 6.07) is 0. The predicted molar refractivity (Wildman–Crippen MR) is 60.9 cm³/mol. The third-order valence-corrected chi connectivity index (χ3v) is 3.57. The molecule has 86 valence electrons. The van der Waals surface area contributed by atoms with Gasteiger partial charge in [0.05, 0.1) is 6.54 Å². The van der Waals surface area contributed by atoms with Crippen LogP contribution < -0.4 is 5.32 Å². The second-order valence-electron chi connectivity index (χ2n) is 4.92. The molecular formula is C12H22N2O. The third-order valence-electron chi connectivity index (χ3n) is 3.57. The number of nitrogens with zero attached hydrogens (tertiary/aromatic N) is 1. The topological polar surface area (TPSA) is 32.3 Å². The maximum Gasteiger partial charge on any atom is 0.147 e. The van der Waals surface area contributed by atoms with E-state index >= 15 is 0 Å². The van der Waals surface area contributed by atoms with Crippen LogP contribution in [0.3, 0.4) is 0 Å². The van der Waals surface area contributed by atoms with E-state index in [-0.39, 0.29) is 0 Å². The Balaban J connectivity index is 1.67. The van der Waals surface area contributed by atoms with Gasteiger partial charge in [0.2, 0.25) is 0 Å². The summed E-state index contributed by atoms with van der Waals surface area (Å²) < 4.78 is 0. The maximum absolute atomic E-state index is 11.8. The van der Waals surface area contributed by atoms with Crippen LogP contribution in [0.4, 0.5) is 0 Å². The van der Waals surface area contributed by atoms with E-state index in [4.69, 9.17) is 0 Å². The molecule has 1 saturated carbocycles. The van der Waals surface area contributed by atoms with Crippen molar-refractivity contribution in [3.8, 4) is 0 Å². The number of hydrogen-bond donors (Lipinski definition) is 1. The lowest BCUT2D eigenvalue weighted by atomic mass is 9.82. The maximum atomic E-state index is 11.8. The highest BCUT2D eigenvalue weighted by Gasteiger charge is 2.21. The van der Waals surface area contributed by atoms with Crippen LogP contribution in [0.25, 0.3) is 0 Å². The lowest BCUT2D eigenvalue weighted by Crippen LogP contribution is -2.34. The van der Waals surface area contributed by atoms with E-state index in [1.807, 2.05) is 0 Å². The molecule has 0 amide bonds. The Hall–Kier alpha value is -0.410. The van der Waals surface area contributed by atoms with Gasteiger partial charge in [-0.2, -0.15) is 0 Å². The molecule has 1 saturated heterocycles. The first-order valence-electron chi connectivity index (χ1n) is 6.29. The fourth-order valence-electron chi connectivity index (χ4n) is 2.39. The normalized spacial score (nSPS) is 24.5. The molecule has 2 fully saturated rings. The van der Waals surface area contributed by atoms with Gasteiger partial charge in [-0.25, -0.2) is 0 Å². The summed E-state index contributed by atoms with van der Waals surface area (Å²) in [6.45, 7) is 4.96. The third kappa shape index (κ3) is 3.58. The molecule has 0 bridgehead atoms. The lowest BCUT2D eigenvalue weighted by molar-refractivity contribution is -0.121. The van der Waals surface area contributed by atoms with Crippen LogP contribution in [0, 0.1) is 5.92 Å². The SMILES string of the molecule is O=C(CC1CCC1)CN1CCCNCC1. The summed E-state index contributed by atoms with van der Waals surface area (Å²) in [5, 5.41) is 3.36. The zero-order valence-electron chi connectivity index (χ0n) is 9.50. The number of Topliss-reactive ketones (excluding diaryl/α,β-unsaturated/α-hetero) is 1. The molecule has 3 nitrogen and oxygen atoms in total. The predicted octanol–water partition coefficient (Wildman–Crippen LogP) is 1.04. The van der Waals surface area contributed by atoms with Crippen molar-refractivity contribution in [3.63, 3.8) is 0 Å². The van der Waals surface area contributed by atoms with Crippen molar-refractivity contribution in [1.82, 2.24) is 10.2 Å². The summed E-state index contributed by atoms with van der Waals surface area (Å²) in [6.07, 6.45) is 5.92. The highest BCUT2D eigenvalue weighted by atomic mass is 16.1. The van der Waals surface area contributed by atoms with Crippen molar-refractivity contribution in [1.29, 1.82) is 0 Å². The molecule has 0 aromatic carbocycles. The number of ketones is 1. The molecule has 1 heterocycles. The highest BCUT2D eigenvalue weighted by molar-refractivity contribution is 5.80. The van der Waals surface area contributed by atoms with E-state index < -0.39 is 0 Å². The standard InChI is InChI=1S/C12H22N2O/c15-12(9-11-3-1-4-11)10-14-7-2-5-13-6-8-14/h11,13H,1-10H2. The minimum atomic E-state index is 0.460. The van der Waals surface area contributed by atoms with Crippen LogP contribution >= 0.6 is 0 Å². The molecule has 0 atom stereocenters. The Morgan fingerprint density at radius 3 is 2.80 bits per heavy atom. The fourth-order valence-corrected chi connectivity index (χ4v) is 2.39. The summed E-state index contributed by atoms with van der Waals surface area (Å²) in [5.41, 5.74) is 0. The average molecular weight is 210 g/mol. The van der Waals surface area contributed by atoms with Crippen LogP contribution in [-0.4, -0.2) is 43.4 Å². The largest absolute Gasteiger partial charge is 0.315 e. The number of nitrogens with one attached hydrogen (secondary N) is 1. The first kappa shape index (κ1) is 11.1. The zero-order chi connectivity index (χ0) is 10.5. The Bertz CT molecular complexity index is 206. The quantitative estimate of drug-likeness (QED) is 0.752. The van der Waals surface area contributed by atoms with Gasteiger partial charge in [0.1, 0.15) is 5.78 Å². The van der Waals surface area contributed by atoms with Gasteiger partial charge in [-0.05, 0) is 25.4 Å². The van der Waals surface area contributed by atoms with E-state index in [0.29, 0.717) is 12.3 Å². The second-order valence-corrected chi connectivity index (χ2v) is 4.92. The van der Waals surface area contributed by atoms with E-state index in [0.717, 1.165) is 38.5 Å². The van der Waals surface area contributed by atoms with Gasteiger partial charge in [-0.15, -0.1) is 0 Å². The molecular weight excluding hydrogens is 188 g/mol. The number of rotatable bonds is 4. The minimum Gasteiger partial charge on any atom is -0.315 e. The van der Waals surface area contributed by atoms with Crippen LogP contribution in [0.2, 0.25) is 0 Å². The molecule has 0 radical (unpaired) electrons. The Morgan fingerprint density at radius 2 is 2.07 bits per heavy atom. The molecule has 3 heteroatoms. The molecule has 0 spiro atoms. The van der Waals surface area contributed by atoms with Crippen molar-refractivity contribution in [2.24, 2.45) is 5.92 Å². The van der Waals surface area contributed by atoms with Crippen molar-refractivity contribution < 1.29 is 4.79 Å². The second kappa shape index (κ2) is 5.61. The summed E-state index contributed by atoms with van der Waals surface area (Å²) in [7, 11) is 0. The molecule has 15 heavy (non-hydrogen) atoms. The van der Waals surface area contributed by atoms with Crippen molar-refractivity contribution >= 4 is 5.78 Å². The number of carbonyl (C=O) groups is 1. The van der Waals surface area contributed by atoms with Crippen molar-refractivity contribution in [3.05, 3.63) is 0 Å². The van der Waals surface area contributed by atoms with E-state index in [1.54, 1.807) is 0 Å². The average Bonchev–Trinajstić information content (AvgIpc) is 2.40. The molecule has 2 rings (SSSR count). The Labute approximate surface area is 92.2 Å². The van der Waals surface area contributed by atoms with E-state index in [2.05, 4.69) is 10.2 Å². The molecule has 1 aliphatic heterocycles. The molecule has 0 unspecified atom stereocenters. The molecule has 2 aliphatic rings. The first-order valence-corrected chi connectivity index (χ1v) is 6.29. The Kier molecular flexibility index (Phi) is 4.15. The van der Waals surface area contributed by atoms with Gasteiger partial charge in [-0.3, -0.25) is 9.69 Å². The van der Waals surface area contributed by atoms with Gasteiger partial charge in [0, 0.05) is 19.5 Å². The van der Waals surface area contributed by atoms with E-state index in [9.17, 15) is 4.79 Å². The monoisotopic (exact) mass is 210 g/mol. The van der Waals surface area contributed by atoms with E-state index in [1.165, 1.54) is 25.7 Å². The van der Waals surface area contributed by atoms with Crippen LogP contribution in [0.1, 0.15) is 32.1 Å². The first-order chi connectivity index (χ1) is 7.34. The van der Waals surface area contributed by atoms with Gasteiger partial charge in [-0.1, -0.05) is 19.3 Å². The van der Waals surface area contributed by atoms with Crippen LogP contribution in [0.5, 0.6) is 0 Å². The summed E-state index contributed by atoms with van der Waals surface area (Å²) in [4.78, 5) is 14.1. The van der Waals surface area contributed by atoms with Crippen molar-refractivity contribution in [2.45, 2.75) is 32.1 Å². The van der Waals surface area contributed by atoms with Gasteiger partial charge >= 0.3 is 0 Å². The van der Waals surface area contributed by atoms with Gasteiger partial charge in [0.25, 0.3) is 0 Å². The number of hydrogen-bond acceptors (Lipinski definition) is 3. The minimum absolute atomic E-state index is 0.460. The molecule has 1 aliphatic carbocycles. The summed E-state index contributed by atoms with van der Waals surface area (Å²) >= 11 is 0. The van der Waals surface area contributed by atoms with Gasteiger partial charge in [0.15, 0.2) is 0 Å². The number of carbonyl (C=O) groups excluding carboxylic acids is 1. The molecule has 1 N–H and O–H groups in total. The smallest absolute Gasteiger partial charge is 0.147 e. The van der Waals surface area contributed by atoms with Gasteiger partial charge < -0.3 is 5.32 Å². The fraction of sp³-hybridized carbons (Fsp3) is 0.917. The Morgan fingerprint density at radius 1 is 1.20 bits per heavy atom. The molecule has 0 aromatic rings. The van der Waals surface area contributed by atoms with Crippen LogP contribution in [0.15, 0.2) is 0 Å². The summed E-state index contributed by atoms with van der Waals surface area (Å²) in [5.74, 6) is 1.18. The molecule has 0 aromatic heterocycles. The van der Waals surface area contributed by atoms with Crippen molar-refractivity contribution in [2.75, 3.05) is 32.7 Å². The zero-order valence-corrected chi connectivity index (χ0v) is 9.50.